The normalized spacial score (nSPS) is 25.8. The van der Waals surface area contributed by atoms with Crippen LogP contribution in [0, 0.1) is 6.92 Å². The first kappa shape index (κ1) is 11.2. The third kappa shape index (κ3) is 2.27. The fourth-order valence-electron chi connectivity index (χ4n) is 2.05. The van der Waals surface area contributed by atoms with Gasteiger partial charge in [-0.3, -0.25) is 4.79 Å². The third-order valence-corrected chi connectivity index (χ3v) is 2.66. The molecule has 1 aromatic rings. The van der Waals surface area contributed by atoms with E-state index in [9.17, 15) is 4.79 Å². The molecule has 0 aliphatic carbocycles. The summed E-state index contributed by atoms with van der Waals surface area (Å²) in [5, 5.41) is 0. The molecule has 1 aromatic heterocycles. The fraction of sp³-hybridized carbons (Fsp3) is 0.583. The van der Waals surface area contributed by atoms with Crippen LogP contribution >= 0.6 is 0 Å². The van der Waals surface area contributed by atoms with E-state index < -0.39 is 0 Å². The number of furan rings is 1. The van der Waals surface area contributed by atoms with E-state index in [0.29, 0.717) is 18.8 Å². The Balaban J connectivity index is 2.09. The summed E-state index contributed by atoms with van der Waals surface area (Å²) in [6, 6.07) is 3.53. The molecular formula is C12H17NO3. The fourth-order valence-corrected chi connectivity index (χ4v) is 2.05. The van der Waals surface area contributed by atoms with Crippen molar-refractivity contribution in [1.29, 1.82) is 0 Å². The van der Waals surface area contributed by atoms with Gasteiger partial charge in [-0.2, -0.15) is 0 Å². The number of hydrogen-bond acceptors (Lipinski definition) is 3. The Labute approximate surface area is 95.2 Å². The van der Waals surface area contributed by atoms with Crippen LogP contribution in [0.15, 0.2) is 16.5 Å². The molecule has 0 bridgehead atoms. The molecule has 1 aliphatic heterocycles. The van der Waals surface area contributed by atoms with E-state index in [1.54, 1.807) is 17.0 Å². The van der Waals surface area contributed by atoms with Crippen molar-refractivity contribution in [3.63, 3.8) is 0 Å². The van der Waals surface area contributed by atoms with Crippen molar-refractivity contribution in [2.45, 2.75) is 33.0 Å². The van der Waals surface area contributed by atoms with Gasteiger partial charge in [0, 0.05) is 13.1 Å². The molecule has 2 rings (SSSR count). The number of nitrogens with zero attached hydrogens (tertiary/aromatic N) is 1. The van der Waals surface area contributed by atoms with E-state index in [4.69, 9.17) is 9.15 Å². The summed E-state index contributed by atoms with van der Waals surface area (Å²) >= 11 is 0. The highest BCUT2D eigenvalue weighted by Gasteiger charge is 2.27. The Hall–Kier alpha value is -1.29. The lowest BCUT2D eigenvalue weighted by atomic mass is 10.2. The largest absolute Gasteiger partial charge is 0.456 e. The second kappa shape index (κ2) is 4.29. The number of morpholine rings is 1. The lowest BCUT2D eigenvalue weighted by Crippen LogP contribution is -2.48. The molecule has 16 heavy (non-hydrogen) atoms. The van der Waals surface area contributed by atoms with E-state index >= 15 is 0 Å². The number of hydrogen-bond donors (Lipinski definition) is 0. The maximum absolute atomic E-state index is 12.1. The van der Waals surface area contributed by atoms with Crippen LogP contribution < -0.4 is 0 Å². The van der Waals surface area contributed by atoms with E-state index in [1.165, 1.54) is 0 Å². The first-order valence-corrected chi connectivity index (χ1v) is 5.57. The van der Waals surface area contributed by atoms with Crippen LogP contribution in [-0.2, 0) is 4.74 Å². The molecule has 2 atom stereocenters. The molecule has 2 heterocycles. The van der Waals surface area contributed by atoms with Crippen molar-refractivity contribution >= 4 is 5.91 Å². The zero-order chi connectivity index (χ0) is 11.7. The van der Waals surface area contributed by atoms with Crippen LogP contribution in [0.3, 0.4) is 0 Å². The average Bonchev–Trinajstić information content (AvgIpc) is 2.62. The molecular weight excluding hydrogens is 206 g/mol. The minimum Gasteiger partial charge on any atom is -0.456 e. The highest BCUT2D eigenvalue weighted by molar-refractivity contribution is 5.91. The maximum Gasteiger partial charge on any atom is 0.289 e. The van der Waals surface area contributed by atoms with Crippen LogP contribution in [0.5, 0.6) is 0 Å². The van der Waals surface area contributed by atoms with E-state index in [2.05, 4.69) is 0 Å². The molecule has 1 aliphatic rings. The zero-order valence-electron chi connectivity index (χ0n) is 9.90. The highest BCUT2D eigenvalue weighted by atomic mass is 16.5. The number of rotatable bonds is 1. The van der Waals surface area contributed by atoms with Crippen LogP contribution in [0.2, 0.25) is 0 Å². The van der Waals surface area contributed by atoms with Gasteiger partial charge >= 0.3 is 0 Å². The van der Waals surface area contributed by atoms with Gasteiger partial charge in [0.1, 0.15) is 5.76 Å². The molecule has 1 fully saturated rings. The first-order chi connectivity index (χ1) is 7.56. The molecule has 0 aromatic carbocycles. The number of ether oxygens (including phenoxy) is 1. The van der Waals surface area contributed by atoms with Crippen molar-refractivity contribution in [1.82, 2.24) is 4.90 Å². The number of carbonyl (C=O) groups is 1. The number of amides is 1. The Morgan fingerprint density at radius 1 is 1.31 bits per heavy atom. The molecule has 4 nitrogen and oxygen atoms in total. The second-order valence-electron chi connectivity index (χ2n) is 4.38. The third-order valence-electron chi connectivity index (χ3n) is 2.66. The summed E-state index contributed by atoms with van der Waals surface area (Å²) in [6.45, 7) is 7.04. The Kier molecular flexibility index (Phi) is 3.01. The SMILES string of the molecule is Cc1ccc(C(=O)N2C[C@@H](C)O[C@@H](C)C2)o1. The molecule has 0 spiro atoms. The lowest BCUT2D eigenvalue weighted by molar-refractivity contribution is -0.0592. The van der Waals surface area contributed by atoms with E-state index in [1.807, 2.05) is 20.8 Å². The summed E-state index contributed by atoms with van der Waals surface area (Å²) < 4.78 is 10.9. The van der Waals surface area contributed by atoms with Gasteiger partial charge in [0.15, 0.2) is 5.76 Å². The summed E-state index contributed by atoms with van der Waals surface area (Å²) in [4.78, 5) is 13.9. The quantitative estimate of drug-likeness (QED) is 0.729. The minimum atomic E-state index is -0.0462. The Bertz CT molecular complexity index is 375. The molecule has 1 amide bonds. The van der Waals surface area contributed by atoms with Crippen molar-refractivity contribution in [3.05, 3.63) is 23.7 Å². The van der Waals surface area contributed by atoms with E-state index in [-0.39, 0.29) is 18.1 Å². The number of carbonyl (C=O) groups excluding carboxylic acids is 1. The standard InChI is InChI=1S/C12H17NO3/c1-8-4-5-11(16-8)12(14)13-6-9(2)15-10(3)7-13/h4-5,9-10H,6-7H2,1-3H3/t9-,10+. The van der Waals surface area contributed by atoms with Crippen LogP contribution in [0.4, 0.5) is 0 Å². The van der Waals surface area contributed by atoms with Crippen LogP contribution in [-0.4, -0.2) is 36.1 Å². The monoisotopic (exact) mass is 223 g/mol. The molecule has 0 saturated carbocycles. The van der Waals surface area contributed by atoms with Crippen molar-refractivity contribution < 1.29 is 13.9 Å². The van der Waals surface area contributed by atoms with Gasteiger partial charge in [0.25, 0.3) is 5.91 Å². The van der Waals surface area contributed by atoms with Crippen molar-refractivity contribution in [2.75, 3.05) is 13.1 Å². The van der Waals surface area contributed by atoms with Gasteiger partial charge in [-0.1, -0.05) is 0 Å². The highest BCUT2D eigenvalue weighted by Crippen LogP contribution is 2.15. The molecule has 0 N–H and O–H groups in total. The summed E-state index contributed by atoms with van der Waals surface area (Å²) in [5.41, 5.74) is 0. The molecule has 0 unspecified atom stereocenters. The van der Waals surface area contributed by atoms with Gasteiger partial charge < -0.3 is 14.1 Å². The Morgan fingerprint density at radius 2 is 1.94 bits per heavy atom. The number of aryl methyl sites for hydroxylation is 1. The Morgan fingerprint density at radius 3 is 2.44 bits per heavy atom. The molecule has 1 saturated heterocycles. The van der Waals surface area contributed by atoms with Gasteiger partial charge in [-0.25, -0.2) is 0 Å². The van der Waals surface area contributed by atoms with E-state index in [0.717, 1.165) is 5.76 Å². The van der Waals surface area contributed by atoms with Crippen molar-refractivity contribution in [2.24, 2.45) is 0 Å². The summed E-state index contributed by atoms with van der Waals surface area (Å²) in [5.74, 6) is 1.13. The van der Waals surface area contributed by atoms with Crippen LogP contribution in [0.25, 0.3) is 0 Å². The second-order valence-corrected chi connectivity index (χ2v) is 4.38. The lowest BCUT2D eigenvalue weighted by Gasteiger charge is -2.34. The van der Waals surface area contributed by atoms with Gasteiger partial charge in [0.2, 0.25) is 0 Å². The van der Waals surface area contributed by atoms with Crippen molar-refractivity contribution in [3.8, 4) is 0 Å². The molecule has 4 heteroatoms. The van der Waals surface area contributed by atoms with Gasteiger partial charge in [-0.05, 0) is 32.9 Å². The molecule has 0 radical (unpaired) electrons. The smallest absolute Gasteiger partial charge is 0.289 e. The summed E-state index contributed by atoms with van der Waals surface area (Å²) in [7, 11) is 0. The van der Waals surface area contributed by atoms with Crippen LogP contribution in [0.1, 0.15) is 30.2 Å². The van der Waals surface area contributed by atoms with Gasteiger partial charge in [0.05, 0.1) is 12.2 Å². The minimum absolute atomic E-state index is 0.0462. The summed E-state index contributed by atoms with van der Waals surface area (Å²) in [6.07, 6.45) is 0.174. The first-order valence-electron chi connectivity index (χ1n) is 5.57. The van der Waals surface area contributed by atoms with Gasteiger partial charge in [-0.15, -0.1) is 0 Å². The zero-order valence-corrected chi connectivity index (χ0v) is 9.90. The molecule has 88 valence electrons. The predicted molar refractivity (Wildman–Crippen MR) is 59.4 cm³/mol. The average molecular weight is 223 g/mol. The maximum atomic E-state index is 12.1. The topological polar surface area (TPSA) is 42.7 Å². The predicted octanol–water partition coefficient (Wildman–Crippen LogP) is 1.84.